The summed E-state index contributed by atoms with van der Waals surface area (Å²) in [6.45, 7) is 21.8. The average molecular weight is 1280 g/mol. The number of ether oxygens (including phenoxy) is 5. The molecule has 0 aliphatic carbocycles. The first-order valence-electron chi connectivity index (χ1n) is 33.4. The van der Waals surface area contributed by atoms with Crippen LogP contribution < -0.4 is 16.4 Å². The number of methoxy groups -OCH3 is 1. The largest absolute Gasteiger partial charge is 0.466 e. The molecule has 4 aliphatic rings. The van der Waals surface area contributed by atoms with Gasteiger partial charge in [0.15, 0.2) is 5.78 Å². The van der Waals surface area contributed by atoms with Gasteiger partial charge in [0.25, 0.3) is 11.8 Å². The zero-order valence-electron chi connectivity index (χ0n) is 56.5. The lowest BCUT2D eigenvalue weighted by Gasteiger charge is -2.35. The van der Waals surface area contributed by atoms with Gasteiger partial charge < -0.3 is 55.0 Å². The Bertz CT molecular complexity index is 2590. The SMILES string of the molecule is CC(C)[C@H](CC(=O)CCCCCN1C(=O)C=CC1=O)C(=O)N[C@@H](CCCNC(N)=O)C(=O)Cc1ccc(COC(=O)N2CCCN(C)CC2)cc1.CO[C@H]([C@@H](C)[C@H]1O[C@]1(C)C[C@H](C)/C=C/C=C(\C)[C@H]1O[C@@H](CCC(=O)CCCCCOC(C)=O)CC[C@@H]1C)[C@@H](C)O. The fourth-order valence-electron chi connectivity index (χ4n) is 12.4. The van der Waals surface area contributed by atoms with Gasteiger partial charge >= 0.3 is 18.1 Å². The van der Waals surface area contributed by atoms with E-state index >= 15 is 0 Å². The monoisotopic (exact) mass is 1270 g/mol. The van der Waals surface area contributed by atoms with E-state index in [1.807, 2.05) is 20.9 Å². The normalized spacial score (nSPS) is 22.3. The zero-order chi connectivity index (χ0) is 67.2. The van der Waals surface area contributed by atoms with Gasteiger partial charge in [-0.1, -0.05) is 83.5 Å². The Morgan fingerprint density at radius 3 is 2.15 bits per heavy atom. The molecule has 4 heterocycles. The van der Waals surface area contributed by atoms with E-state index in [0.29, 0.717) is 82.4 Å². The second-order valence-corrected chi connectivity index (χ2v) is 26.3. The van der Waals surface area contributed by atoms with Crippen LogP contribution >= 0.6 is 0 Å². The standard InChI is InChI=1S/C37H54N6O8.C33H56O7/c1-26(2)30(24-29(44)9-5-4-6-20-43-33(46)15-16-34(43)47)35(48)40-31(10-7-17-39-36(38)49)32(45)23-27-11-13-28(14-12-27)25-51-37(50)42-19-8-18-41(3)21-22-42;1-22(21-33(7)32(40-33)25(4)31(37-8)26(5)34)13-12-14-23(2)30-24(3)16-18-29(39-30)19-17-28(36)15-10-9-11-20-38-27(6)35/h11-16,26,30-31H,4-10,17-25H2,1-3H3,(H,40,48)(H3,38,39,49);12-14,22,24-26,29-32,34H,9-11,15-21H2,1-8H3/b;13-12+,23-14+/t30-,31-;22-,24+,25-,26-,29-,30-,31-,32-,33-/m01/s1. The number of aliphatic hydroxyl groups is 1. The van der Waals surface area contributed by atoms with E-state index in [2.05, 4.69) is 68.4 Å². The number of ketones is 3. The number of unbranched alkanes of at least 4 members (excludes halogenated alkanes) is 4. The molecule has 91 heavy (non-hydrogen) atoms. The third-order valence-corrected chi connectivity index (χ3v) is 17.9. The van der Waals surface area contributed by atoms with Crippen LogP contribution in [0.3, 0.4) is 0 Å². The van der Waals surface area contributed by atoms with Crippen LogP contribution in [-0.4, -0.2) is 175 Å². The molecule has 0 bridgehead atoms. The van der Waals surface area contributed by atoms with Gasteiger partial charge in [0.1, 0.15) is 18.2 Å². The highest BCUT2D eigenvalue weighted by Gasteiger charge is 2.57. The Morgan fingerprint density at radius 1 is 0.835 bits per heavy atom. The summed E-state index contributed by atoms with van der Waals surface area (Å²) in [5.41, 5.74) is 7.72. The Hall–Kier alpha value is -6.13. The number of imide groups is 1. The van der Waals surface area contributed by atoms with Crippen LogP contribution in [0.5, 0.6) is 0 Å². The molecule has 5 rings (SSSR count). The van der Waals surface area contributed by atoms with Gasteiger partial charge in [-0.15, -0.1) is 0 Å². The Labute approximate surface area is 541 Å². The minimum Gasteiger partial charge on any atom is -0.466 e. The number of aliphatic hydroxyl groups excluding tert-OH is 1. The van der Waals surface area contributed by atoms with E-state index in [9.17, 15) is 48.3 Å². The number of amides is 6. The van der Waals surface area contributed by atoms with E-state index in [-0.39, 0.29) is 122 Å². The molecule has 1 aromatic rings. The summed E-state index contributed by atoms with van der Waals surface area (Å²) in [7, 11) is 3.68. The highest BCUT2D eigenvalue weighted by molar-refractivity contribution is 6.12. The fourth-order valence-corrected chi connectivity index (χ4v) is 12.4. The first-order chi connectivity index (χ1) is 43.2. The van der Waals surface area contributed by atoms with Gasteiger partial charge in [-0.25, -0.2) is 9.59 Å². The number of nitrogens with one attached hydrogen (secondary N) is 2. The van der Waals surface area contributed by atoms with Gasteiger partial charge in [0.05, 0.1) is 48.8 Å². The summed E-state index contributed by atoms with van der Waals surface area (Å²) in [5, 5.41) is 15.4. The van der Waals surface area contributed by atoms with Gasteiger partial charge in [0.2, 0.25) is 5.91 Å². The molecule has 0 saturated carbocycles. The zero-order valence-corrected chi connectivity index (χ0v) is 56.5. The van der Waals surface area contributed by atoms with Crippen LogP contribution in [0, 0.1) is 29.6 Å². The quantitative estimate of drug-likeness (QED) is 0.0158. The Balaban J connectivity index is 0.000000400. The molecule has 6 amide bonds. The topological polar surface area (TPSA) is 283 Å². The number of rotatable bonds is 38. The highest BCUT2D eigenvalue weighted by atomic mass is 16.6. The maximum Gasteiger partial charge on any atom is 0.410 e. The Morgan fingerprint density at radius 2 is 1.51 bits per heavy atom. The predicted octanol–water partition coefficient (Wildman–Crippen LogP) is 9.08. The molecule has 21 heteroatoms. The molecule has 0 spiro atoms. The molecule has 0 aromatic heterocycles. The van der Waals surface area contributed by atoms with Crippen molar-refractivity contribution in [1.82, 2.24) is 25.3 Å². The van der Waals surface area contributed by atoms with Crippen LogP contribution in [0.2, 0.25) is 0 Å². The van der Waals surface area contributed by atoms with Gasteiger partial charge in [-0.3, -0.25) is 38.5 Å². The second kappa shape index (κ2) is 40.1. The molecular formula is C70H110N6O15. The first-order valence-corrected chi connectivity index (χ1v) is 33.4. The smallest absolute Gasteiger partial charge is 0.410 e. The number of esters is 1. The molecule has 11 atom stereocenters. The van der Waals surface area contributed by atoms with Gasteiger partial charge in [0, 0.05) is 103 Å². The van der Waals surface area contributed by atoms with Crippen molar-refractivity contribution in [3.8, 4) is 0 Å². The van der Waals surface area contributed by atoms with Gasteiger partial charge in [-0.05, 0) is 146 Å². The van der Waals surface area contributed by atoms with Crippen LogP contribution in [0.1, 0.15) is 183 Å². The number of likely N-dealkylation sites (N-methyl/N-ethyl adjacent to an activating group) is 1. The maximum absolute atomic E-state index is 13.5. The average Bonchev–Trinajstić information content (AvgIpc) is 1.60. The molecule has 510 valence electrons. The van der Waals surface area contributed by atoms with Crippen LogP contribution in [0.4, 0.5) is 9.59 Å². The number of nitrogens with zero attached hydrogens (tertiary/aromatic N) is 3. The molecule has 0 radical (unpaired) electrons. The number of carbonyl (C=O) groups is 9. The second-order valence-electron chi connectivity index (χ2n) is 26.3. The summed E-state index contributed by atoms with van der Waals surface area (Å²) in [5.74, 6) is -1.15. The summed E-state index contributed by atoms with van der Waals surface area (Å²) in [6, 6.07) is 5.67. The third kappa shape index (κ3) is 28.3. The number of primary amides is 1. The van der Waals surface area contributed by atoms with Crippen molar-refractivity contribution in [2.45, 2.75) is 227 Å². The highest BCUT2D eigenvalue weighted by Crippen LogP contribution is 2.47. The molecule has 21 nitrogen and oxygen atoms in total. The number of Topliss-reactive ketones (excluding diaryl/α,β-unsaturated/α-hetero) is 3. The van der Waals surface area contributed by atoms with E-state index in [4.69, 9.17) is 29.4 Å². The van der Waals surface area contributed by atoms with Crippen molar-refractivity contribution in [1.29, 1.82) is 0 Å². The molecule has 0 unspecified atom stereocenters. The van der Waals surface area contributed by atoms with Crippen LogP contribution in [0.25, 0.3) is 0 Å². The van der Waals surface area contributed by atoms with E-state index < -0.39 is 24.1 Å². The summed E-state index contributed by atoms with van der Waals surface area (Å²) < 4.78 is 28.5. The molecule has 1 aromatic carbocycles. The Kier molecular flexibility index (Phi) is 34.1. The third-order valence-electron chi connectivity index (χ3n) is 17.9. The van der Waals surface area contributed by atoms with E-state index in [1.54, 1.807) is 43.2 Å². The van der Waals surface area contributed by atoms with Crippen LogP contribution in [0.15, 0.2) is 60.2 Å². The number of nitrogens with two attached hydrogens (primary N) is 1. The minimum atomic E-state index is -0.845. The number of benzene rings is 1. The van der Waals surface area contributed by atoms with Crippen molar-refractivity contribution < 1.29 is 71.9 Å². The van der Waals surface area contributed by atoms with Crippen molar-refractivity contribution in [3.63, 3.8) is 0 Å². The lowest BCUT2D eigenvalue weighted by molar-refractivity contribution is -0.141. The molecular weight excluding hydrogens is 1160 g/mol. The summed E-state index contributed by atoms with van der Waals surface area (Å²) >= 11 is 0. The van der Waals surface area contributed by atoms with Crippen molar-refractivity contribution in [2.24, 2.45) is 35.3 Å². The molecule has 5 N–H and O–H groups in total. The van der Waals surface area contributed by atoms with E-state index in [0.717, 1.165) is 75.6 Å². The van der Waals surface area contributed by atoms with E-state index in [1.165, 1.54) is 29.5 Å². The number of carbonyl (C=O) groups excluding carboxylic acids is 9. The molecule has 3 saturated heterocycles. The van der Waals surface area contributed by atoms with Crippen molar-refractivity contribution >= 4 is 53.2 Å². The molecule has 3 fully saturated rings. The first kappa shape index (κ1) is 77.3. The minimum absolute atomic E-state index is 0.0293. The predicted molar refractivity (Wildman–Crippen MR) is 348 cm³/mol. The number of urea groups is 1. The van der Waals surface area contributed by atoms with Crippen molar-refractivity contribution in [2.75, 3.05) is 60.0 Å². The number of hydrogen-bond donors (Lipinski definition) is 4. The number of epoxide rings is 1. The molecule has 4 aliphatic heterocycles. The lowest BCUT2D eigenvalue weighted by Crippen LogP contribution is -2.46. The lowest BCUT2D eigenvalue weighted by atomic mass is 9.85. The van der Waals surface area contributed by atoms with Gasteiger partial charge in [-0.2, -0.15) is 0 Å². The summed E-state index contributed by atoms with van der Waals surface area (Å²) in [6.07, 6.45) is 19.5. The van der Waals surface area contributed by atoms with Crippen molar-refractivity contribution in [3.05, 3.63) is 71.3 Å². The van der Waals surface area contributed by atoms with Crippen LogP contribution in [-0.2, 0) is 70.3 Å². The number of hydrogen-bond acceptors (Lipinski definition) is 16. The summed E-state index contributed by atoms with van der Waals surface area (Å²) in [4.78, 5) is 115. The maximum atomic E-state index is 13.5. The number of allylic oxidation sites excluding steroid dienone is 3. The fraction of sp³-hybridized carbons (Fsp3) is 0.700.